The van der Waals surface area contributed by atoms with Gasteiger partial charge in [0, 0.05) is 0 Å². The van der Waals surface area contributed by atoms with Crippen molar-refractivity contribution in [2.75, 3.05) is 20.8 Å². The van der Waals surface area contributed by atoms with E-state index in [1.807, 2.05) is 6.07 Å². The lowest BCUT2D eigenvalue weighted by Gasteiger charge is -2.10. The Hall–Kier alpha value is -4.33. The highest BCUT2D eigenvalue weighted by atomic mass is 16.6. The van der Waals surface area contributed by atoms with Crippen LogP contribution in [0.4, 0.5) is 0 Å². The summed E-state index contributed by atoms with van der Waals surface area (Å²) in [6.07, 6.45) is 1.44. The topological polar surface area (TPSA) is 95.5 Å². The molecule has 0 saturated carbocycles. The second-order valence-corrected chi connectivity index (χ2v) is 6.40. The normalized spacial score (nSPS) is 10.4. The van der Waals surface area contributed by atoms with Crippen molar-refractivity contribution in [2.45, 2.75) is 0 Å². The van der Waals surface area contributed by atoms with Crippen molar-refractivity contribution in [3.63, 3.8) is 0 Å². The third-order valence-electron chi connectivity index (χ3n) is 4.23. The van der Waals surface area contributed by atoms with Crippen molar-refractivity contribution in [1.29, 1.82) is 0 Å². The average molecular weight is 434 g/mol. The minimum Gasteiger partial charge on any atom is -0.493 e. The Bertz CT molecular complexity index is 1100. The Kier molecular flexibility index (Phi) is 7.80. The Labute approximate surface area is 185 Å². The van der Waals surface area contributed by atoms with Gasteiger partial charge in [-0.1, -0.05) is 30.3 Å². The van der Waals surface area contributed by atoms with Gasteiger partial charge >= 0.3 is 5.97 Å². The van der Waals surface area contributed by atoms with E-state index in [1.54, 1.807) is 66.7 Å². The van der Waals surface area contributed by atoms with E-state index in [9.17, 15) is 9.59 Å². The van der Waals surface area contributed by atoms with Crippen LogP contribution < -0.4 is 24.4 Å². The number of amides is 1. The van der Waals surface area contributed by atoms with Gasteiger partial charge in [0.05, 0.1) is 26.0 Å². The Morgan fingerprint density at radius 3 is 2.25 bits per heavy atom. The quantitative estimate of drug-likeness (QED) is 0.240. The predicted octanol–water partition coefficient (Wildman–Crippen LogP) is 3.45. The number of hydrogen-bond acceptors (Lipinski definition) is 7. The molecule has 0 fully saturated rings. The van der Waals surface area contributed by atoms with Crippen molar-refractivity contribution in [2.24, 2.45) is 5.10 Å². The van der Waals surface area contributed by atoms with Crippen LogP contribution in [0.15, 0.2) is 77.9 Å². The van der Waals surface area contributed by atoms with Gasteiger partial charge in [0.2, 0.25) is 0 Å². The number of nitrogens with one attached hydrogen (secondary N) is 1. The monoisotopic (exact) mass is 434 g/mol. The third-order valence-corrected chi connectivity index (χ3v) is 4.23. The maximum atomic E-state index is 12.2. The van der Waals surface area contributed by atoms with Crippen LogP contribution in [0.5, 0.6) is 23.0 Å². The van der Waals surface area contributed by atoms with Crippen LogP contribution in [-0.2, 0) is 4.79 Å². The van der Waals surface area contributed by atoms with E-state index >= 15 is 0 Å². The number of carbonyl (C=O) groups is 2. The zero-order chi connectivity index (χ0) is 22.8. The first-order valence-corrected chi connectivity index (χ1v) is 9.63. The molecule has 0 spiro atoms. The summed E-state index contributed by atoms with van der Waals surface area (Å²) in [5.41, 5.74) is 3.44. The minimum absolute atomic E-state index is 0.227. The fraction of sp³-hybridized carbons (Fsp3) is 0.125. The molecule has 3 rings (SSSR count). The summed E-state index contributed by atoms with van der Waals surface area (Å²) in [7, 11) is 2.99. The highest BCUT2D eigenvalue weighted by molar-refractivity contribution is 5.91. The molecule has 0 unspecified atom stereocenters. The maximum absolute atomic E-state index is 12.2. The van der Waals surface area contributed by atoms with Gasteiger partial charge in [-0.15, -0.1) is 0 Å². The number of hydrazone groups is 1. The largest absolute Gasteiger partial charge is 0.493 e. The fourth-order valence-electron chi connectivity index (χ4n) is 2.67. The first-order valence-electron chi connectivity index (χ1n) is 9.63. The van der Waals surface area contributed by atoms with Crippen LogP contribution in [0.25, 0.3) is 0 Å². The zero-order valence-electron chi connectivity index (χ0n) is 17.6. The summed E-state index contributed by atoms with van der Waals surface area (Å²) < 4.78 is 21.3. The molecule has 1 N–H and O–H groups in total. The molecule has 3 aromatic carbocycles. The lowest BCUT2D eigenvalue weighted by Crippen LogP contribution is -2.24. The molecule has 0 atom stereocenters. The molecule has 32 heavy (non-hydrogen) atoms. The lowest BCUT2D eigenvalue weighted by molar-refractivity contribution is -0.123. The van der Waals surface area contributed by atoms with E-state index in [2.05, 4.69) is 10.5 Å². The van der Waals surface area contributed by atoms with E-state index in [0.717, 1.165) is 0 Å². The number of esters is 1. The van der Waals surface area contributed by atoms with Gasteiger partial charge in [0.1, 0.15) is 0 Å². The van der Waals surface area contributed by atoms with E-state index < -0.39 is 11.9 Å². The Morgan fingerprint density at radius 2 is 1.53 bits per heavy atom. The lowest BCUT2D eigenvalue weighted by atomic mass is 10.2. The summed E-state index contributed by atoms with van der Waals surface area (Å²) in [4.78, 5) is 24.2. The van der Waals surface area contributed by atoms with Gasteiger partial charge in [-0.3, -0.25) is 4.79 Å². The maximum Gasteiger partial charge on any atom is 0.343 e. The molecule has 0 saturated heterocycles. The van der Waals surface area contributed by atoms with Crippen molar-refractivity contribution in [3.8, 4) is 23.0 Å². The van der Waals surface area contributed by atoms with Gasteiger partial charge < -0.3 is 18.9 Å². The van der Waals surface area contributed by atoms with Crippen LogP contribution in [0.2, 0.25) is 0 Å². The van der Waals surface area contributed by atoms with E-state index in [-0.39, 0.29) is 12.4 Å². The molecular formula is C24H22N2O6. The first kappa shape index (κ1) is 22.4. The van der Waals surface area contributed by atoms with Gasteiger partial charge in [0.15, 0.2) is 29.6 Å². The Morgan fingerprint density at radius 1 is 0.844 bits per heavy atom. The van der Waals surface area contributed by atoms with Crippen molar-refractivity contribution in [1.82, 2.24) is 5.43 Å². The van der Waals surface area contributed by atoms with Crippen LogP contribution in [0.1, 0.15) is 15.9 Å². The molecule has 0 aliphatic heterocycles. The Balaban J connectivity index is 1.56. The molecule has 0 aliphatic rings. The summed E-state index contributed by atoms with van der Waals surface area (Å²) in [5.74, 6) is 0.681. The van der Waals surface area contributed by atoms with Gasteiger partial charge in [-0.05, 0) is 48.0 Å². The van der Waals surface area contributed by atoms with Gasteiger partial charge in [-0.25, -0.2) is 10.2 Å². The van der Waals surface area contributed by atoms with Crippen molar-refractivity contribution < 1.29 is 28.5 Å². The number of ether oxygens (including phenoxy) is 4. The number of benzene rings is 3. The van der Waals surface area contributed by atoms with Crippen LogP contribution >= 0.6 is 0 Å². The third kappa shape index (κ3) is 6.09. The number of methoxy groups -OCH3 is 2. The second-order valence-electron chi connectivity index (χ2n) is 6.40. The fourth-order valence-corrected chi connectivity index (χ4v) is 2.67. The van der Waals surface area contributed by atoms with Gasteiger partial charge in [0.25, 0.3) is 5.91 Å². The van der Waals surface area contributed by atoms with E-state index in [4.69, 9.17) is 18.9 Å². The highest BCUT2D eigenvalue weighted by Crippen LogP contribution is 2.28. The molecule has 0 aliphatic carbocycles. The average Bonchev–Trinajstić information content (AvgIpc) is 2.84. The smallest absolute Gasteiger partial charge is 0.343 e. The molecule has 164 valence electrons. The van der Waals surface area contributed by atoms with Crippen molar-refractivity contribution >= 4 is 18.1 Å². The standard InChI is InChI=1S/C24H22N2O6/c1-29-19-10-6-7-11-20(19)31-16-23(27)26-25-15-17-12-13-21(22(14-17)30-2)32-24(28)18-8-4-3-5-9-18/h3-15H,16H2,1-2H3,(H,26,27)/b25-15-. The number of rotatable bonds is 9. The molecule has 8 nitrogen and oxygen atoms in total. The zero-order valence-corrected chi connectivity index (χ0v) is 17.6. The predicted molar refractivity (Wildman–Crippen MR) is 119 cm³/mol. The molecular weight excluding hydrogens is 412 g/mol. The molecule has 1 amide bonds. The van der Waals surface area contributed by atoms with E-state index in [0.29, 0.717) is 28.4 Å². The molecule has 0 heterocycles. The molecule has 0 bridgehead atoms. The summed E-state index contributed by atoms with van der Waals surface area (Å²) >= 11 is 0. The minimum atomic E-state index is -0.493. The molecule has 8 heteroatoms. The first-order chi connectivity index (χ1) is 15.6. The van der Waals surface area contributed by atoms with E-state index in [1.165, 1.54) is 20.4 Å². The SMILES string of the molecule is COc1ccccc1OCC(=O)N/N=C\c1ccc(OC(=O)c2ccccc2)c(OC)c1. The summed E-state index contributed by atoms with van der Waals surface area (Å²) in [5, 5.41) is 3.91. The number of carbonyl (C=O) groups excluding carboxylic acids is 2. The number of nitrogens with zero attached hydrogens (tertiary/aromatic N) is 1. The highest BCUT2D eigenvalue weighted by Gasteiger charge is 2.12. The van der Waals surface area contributed by atoms with Crippen LogP contribution in [-0.4, -0.2) is 38.9 Å². The molecule has 0 aromatic heterocycles. The second kappa shape index (κ2) is 11.2. The molecule has 0 radical (unpaired) electrons. The van der Waals surface area contributed by atoms with Gasteiger partial charge in [-0.2, -0.15) is 5.10 Å². The number of para-hydroxylation sites is 2. The van der Waals surface area contributed by atoms with Crippen LogP contribution in [0, 0.1) is 0 Å². The number of hydrogen-bond donors (Lipinski definition) is 1. The van der Waals surface area contributed by atoms with Crippen molar-refractivity contribution in [3.05, 3.63) is 83.9 Å². The van der Waals surface area contributed by atoms with Crippen LogP contribution in [0.3, 0.4) is 0 Å². The summed E-state index contributed by atoms with van der Waals surface area (Å²) in [6.45, 7) is -0.227. The molecule has 3 aromatic rings. The summed E-state index contributed by atoms with van der Waals surface area (Å²) in [6, 6.07) is 20.6.